The van der Waals surface area contributed by atoms with E-state index in [4.69, 9.17) is 4.74 Å². The van der Waals surface area contributed by atoms with Gasteiger partial charge in [-0.2, -0.15) is 0 Å². The lowest BCUT2D eigenvalue weighted by atomic mass is 10.0. The van der Waals surface area contributed by atoms with E-state index in [1.54, 1.807) is 4.90 Å². The normalized spacial score (nSPS) is 17.1. The fourth-order valence-electron chi connectivity index (χ4n) is 3.12. The third-order valence-electron chi connectivity index (χ3n) is 3.89. The van der Waals surface area contributed by atoms with Gasteiger partial charge in [0.25, 0.3) is 0 Å². The van der Waals surface area contributed by atoms with E-state index in [-0.39, 0.29) is 23.6 Å². The number of amides is 2. The van der Waals surface area contributed by atoms with Gasteiger partial charge >= 0.3 is 6.09 Å². The molecule has 0 saturated carbocycles. The molecule has 0 unspecified atom stereocenters. The molecule has 6 heteroatoms. The highest BCUT2D eigenvalue weighted by Crippen LogP contribution is 2.18. The van der Waals surface area contributed by atoms with E-state index in [0.717, 1.165) is 0 Å². The maximum Gasteiger partial charge on any atom is 0.410 e. The fraction of sp³-hybridized carbons (Fsp3) is 0.889. The van der Waals surface area contributed by atoms with E-state index < -0.39 is 5.60 Å². The van der Waals surface area contributed by atoms with Gasteiger partial charge in [-0.3, -0.25) is 9.69 Å². The molecular weight excluding hydrogens is 306 g/mol. The lowest BCUT2D eigenvalue weighted by molar-refractivity contribution is -0.139. The molecule has 0 aromatic heterocycles. The maximum atomic E-state index is 12.7. The number of hydrogen-bond donors (Lipinski definition) is 0. The molecule has 0 aliphatic carbocycles. The summed E-state index contributed by atoms with van der Waals surface area (Å²) in [6, 6.07) is 0.167. The summed E-state index contributed by atoms with van der Waals surface area (Å²) in [5, 5.41) is 0. The van der Waals surface area contributed by atoms with E-state index in [1.807, 2.05) is 39.5 Å². The second-order valence-corrected chi connectivity index (χ2v) is 8.77. The third-order valence-corrected chi connectivity index (χ3v) is 3.89. The van der Waals surface area contributed by atoms with Crippen LogP contribution in [0.2, 0.25) is 0 Å². The highest BCUT2D eigenvalue weighted by atomic mass is 16.6. The molecule has 2 amide bonds. The quantitative estimate of drug-likeness (QED) is 0.792. The SMILES string of the molecule is CC(C)N(C(=O)CN1CCN(C(=O)OC(C)(C)C)CC1)C(C)(C)C. The Balaban J connectivity index is 2.54. The van der Waals surface area contributed by atoms with Gasteiger partial charge in [0, 0.05) is 37.8 Å². The van der Waals surface area contributed by atoms with Crippen LogP contribution in [0.5, 0.6) is 0 Å². The van der Waals surface area contributed by atoms with E-state index >= 15 is 0 Å². The van der Waals surface area contributed by atoms with Gasteiger partial charge in [-0.05, 0) is 55.4 Å². The molecular formula is C18H35N3O3. The Kier molecular flexibility index (Phi) is 6.67. The molecule has 1 heterocycles. The van der Waals surface area contributed by atoms with Gasteiger partial charge in [0.15, 0.2) is 0 Å². The van der Waals surface area contributed by atoms with E-state index in [1.165, 1.54) is 0 Å². The van der Waals surface area contributed by atoms with Crippen LogP contribution in [0.3, 0.4) is 0 Å². The molecule has 0 aromatic rings. The zero-order valence-electron chi connectivity index (χ0n) is 16.7. The molecule has 1 rings (SSSR count). The summed E-state index contributed by atoms with van der Waals surface area (Å²) in [6.07, 6.45) is -0.271. The zero-order chi connectivity index (χ0) is 18.7. The molecule has 1 aliphatic heterocycles. The monoisotopic (exact) mass is 341 g/mol. The van der Waals surface area contributed by atoms with Crippen molar-refractivity contribution in [1.82, 2.24) is 14.7 Å². The van der Waals surface area contributed by atoms with Crippen LogP contribution in [0, 0.1) is 0 Å². The third kappa shape index (κ3) is 6.30. The average Bonchev–Trinajstić information content (AvgIpc) is 2.34. The lowest BCUT2D eigenvalue weighted by Crippen LogP contribution is -2.56. The second-order valence-electron chi connectivity index (χ2n) is 8.77. The topological polar surface area (TPSA) is 53.1 Å². The summed E-state index contributed by atoms with van der Waals surface area (Å²) in [7, 11) is 0. The van der Waals surface area contributed by atoms with Crippen molar-refractivity contribution < 1.29 is 14.3 Å². The number of carbonyl (C=O) groups is 2. The molecule has 1 fully saturated rings. The lowest BCUT2D eigenvalue weighted by Gasteiger charge is -2.41. The van der Waals surface area contributed by atoms with Crippen LogP contribution in [0.4, 0.5) is 4.79 Å². The number of hydrogen-bond acceptors (Lipinski definition) is 4. The van der Waals surface area contributed by atoms with Crippen LogP contribution in [0.15, 0.2) is 0 Å². The highest BCUT2D eigenvalue weighted by molar-refractivity contribution is 5.79. The predicted octanol–water partition coefficient (Wildman–Crippen LogP) is 2.57. The number of ether oxygens (including phenoxy) is 1. The van der Waals surface area contributed by atoms with Crippen LogP contribution in [-0.2, 0) is 9.53 Å². The van der Waals surface area contributed by atoms with Gasteiger partial charge < -0.3 is 14.5 Å². The Morgan fingerprint density at radius 1 is 1.00 bits per heavy atom. The number of piperazine rings is 1. The summed E-state index contributed by atoms with van der Waals surface area (Å²) in [5.74, 6) is 0.142. The Morgan fingerprint density at radius 2 is 1.50 bits per heavy atom. The van der Waals surface area contributed by atoms with Crippen LogP contribution in [0.1, 0.15) is 55.4 Å². The maximum absolute atomic E-state index is 12.7. The number of rotatable bonds is 3. The van der Waals surface area contributed by atoms with Crippen molar-refractivity contribution in [3.63, 3.8) is 0 Å². The van der Waals surface area contributed by atoms with Crippen LogP contribution in [0.25, 0.3) is 0 Å². The molecule has 0 spiro atoms. The van der Waals surface area contributed by atoms with Crippen molar-refractivity contribution >= 4 is 12.0 Å². The fourth-order valence-corrected chi connectivity index (χ4v) is 3.12. The van der Waals surface area contributed by atoms with Gasteiger partial charge in [0.1, 0.15) is 5.60 Å². The largest absolute Gasteiger partial charge is 0.444 e. The minimum absolute atomic E-state index is 0.142. The van der Waals surface area contributed by atoms with Crippen LogP contribution < -0.4 is 0 Å². The summed E-state index contributed by atoms with van der Waals surface area (Å²) in [4.78, 5) is 30.5. The van der Waals surface area contributed by atoms with Gasteiger partial charge in [-0.1, -0.05) is 0 Å². The molecule has 0 radical (unpaired) electrons. The second kappa shape index (κ2) is 7.72. The molecule has 140 valence electrons. The zero-order valence-corrected chi connectivity index (χ0v) is 16.7. The Labute approximate surface area is 147 Å². The van der Waals surface area contributed by atoms with Gasteiger partial charge in [0.05, 0.1) is 6.54 Å². The Bertz CT molecular complexity index is 441. The number of carbonyl (C=O) groups excluding carboxylic acids is 2. The average molecular weight is 341 g/mol. The molecule has 6 nitrogen and oxygen atoms in total. The predicted molar refractivity (Wildman–Crippen MR) is 96.0 cm³/mol. The molecule has 1 aliphatic rings. The standard InChI is InChI=1S/C18H35N3O3/c1-14(2)21(17(3,4)5)15(22)13-19-9-11-20(12-10-19)16(23)24-18(6,7)8/h14H,9-13H2,1-8H3. The first-order valence-corrected chi connectivity index (χ1v) is 8.83. The van der Waals surface area contributed by atoms with E-state index in [9.17, 15) is 9.59 Å². The highest BCUT2D eigenvalue weighted by Gasteiger charge is 2.31. The molecule has 24 heavy (non-hydrogen) atoms. The minimum Gasteiger partial charge on any atom is -0.444 e. The van der Waals surface area contributed by atoms with Crippen molar-refractivity contribution in [2.45, 2.75) is 72.6 Å². The summed E-state index contributed by atoms with van der Waals surface area (Å²) >= 11 is 0. The Hall–Kier alpha value is -1.30. The summed E-state index contributed by atoms with van der Waals surface area (Å²) < 4.78 is 5.40. The van der Waals surface area contributed by atoms with E-state index in [0.29, 0.717) is 32.7 Å². The van der Waals surface area contributed by atoms with Crippen molar-refractivity contribution in [3.8, 4) is 0 Å². The first-order chi connectivity index (χ1) is 10.8. The van der Waals surface area contributed by atoms with Crippen molar-refractivity contribution in [2.75, 3.05) is 32.7 Å². The van der Waals surface area contributed by atoms with Crippen LogP contribution >= 0.6 is 0 Å². The number of nitrogens with zero attached hydrogens (tertiary/aromatic N) is 3. The Morgan fingerprint density at radius 3 is 1.88 bits per heavy atom. The molecule has 0 atom stereocenters. The minimum atomic E-state index is -0.478. The molecule has 0 N–H and O–H groups in total. The van der Waals surface area contributed by atoms with Crippen molar-refractivity contribution in [1.29, 1.82) is 0 Å². The summed E-state index contributed by atoms with van der Waals surface area (Å²) in [6.45, 7) is 18.9. The van der Waals surface area contributed by atoms with Crippen molar-refractivity contribution in [3.05, 3.63) is 0 Å². The summed E-state index contributed by atoms with van der Waals surface area (Å²) in [5.41, 5.74) is -0.668. The van der Waals surface area contributed by atoms with E-state index in [2.05, 4.69) is 25.7 Å². The molecule has 0 aromatic carbocycles. The van der Waals surface area contributed by atoms with Crippen molar-refractivity contribution in [2.24, 2.45) is 0 Å². The van der Waals surface area contributed by atoms with Gasteiger partial charge in [-0.15, -0.1) is 0 Å². The molecule has 1 saturated heterocycles. The van der Waals surface area contributed by atoms with Gasteiger partial charge in [0.2, 0.25) is 5.91 Å². The first kappa shape index (κ1) is 20.7. The first-order valence-electron chi connectivity index (χ1n) is 8.83. The molecule has 0 bridgehead atoms. The van der Waals surface area contributed by atoms with Gasteiger partial charge in [-0.25, -0.2) is 4.79 Å². The van der Waals surface area contributed by atoms with Crippen LogP contribution in [-0.4, -0.2) is 76.6 Å². The smallest absolute Gasteiger partial charge is 0.410 e.